The number of nitro benzene ring substituents is 1. The minimum absolute atomic E-state index is 0.0196. The first kappa shape index (κ1) is 19.3. The van der Waals surface area contributed by atoms with E-state index in [0.717, 1.165) is 36.6 Å². The Labute approximate surface area is 162 Å². The molecular formula is C19H24N4O3S. The third-order valence-corrected chi connectivity index (χ3v) is 5.45. The molecule has 3 rings (SSSR count). The monoisotopic (exact) mass is 388 g/mol. The van der Waals surface area contributed by atoms with Gasteiger partial charge in [0.15, 0.2) is 0 Å². The number of nitrogens with one attached hydrogen (secondary N) is 1. The van der Waals surface area contributed by atoms with Gasteiger partial charge in [-0.3, -0.25) is 14.9 Å². The van der Waals surface area contributed by atoms with Crippen molar-refractivity contribution >= 4 is 28.6 Å². The second kappa shape index (κ2) is 7.64. The molecule has 2 heterocycles. The Bertz CT molecular complexity index is 851. The fraction of sp³-hybridized carbons (Fsp3) is 0.474. The number of rotatable bonds is 5. The fourth-order valence-corrected chi connectivity index (χ4v) is 3.99. The average molecular weight is 388 g/mol. The summed E-state index contributed by atoms with van der Waals surface area (Å²) in [7, 11) is 0. The SMILES string of the molecule is CC(C)(C)c1csc(CNC(=O)c2ccc(N3CCCC3)c([N+](=O)[O-])c2)n1. The van der Waals surface area contributed by atoms with Gasteiger partial charge in [0.1, 0.15) is 10.7 Å². The van der Waals surface area contributed by atoms with Crippen LogP contribution in [0, 0.1) is 10.1 Å². The van der Waals surface area contributed by atoms with E-state index < -0.39 is 4.92 Å². The largest absolute Gasteiger partial charge is 0.366 e. The maximum absolute atomic E-state index is 12.5. The minimum Gasteiger partial charge on any atom is -0.366 e. The van der Waals surface area contributed by atoms with Gasteiger partial charge >= 0.3 is 0 Å². The summed E-state index contributed by atoms with van der Waals surface area (Å²) in [5.41, 5.74) is 1.81. The Morgan fingerprint density at radius 1 is 1.33 bits per heavy atom. The van der Waals surface area contributed by atoms with Crippen LogP contribution in [-0.4, -0.2) is 28.9 Å². The van der Waals surface area contributed by atoms with Gasteiger partial charge < -0.3 is 10.2 Å². The molecule has 1 N–H and O–H groups in total. The van der Waals surface area contributed by atoms with E-state index in [-0.39, 0.29) is 22.6 Å². The van der Waals surface area contributed by atoms with E-state index in [1.54, 1.807) is 12.1 Å². The van der Waals surface area contributed by atoms with Crippen molar-refractivity contribution < 1.29 is 9.72 Å². The van der Waals surface area contributed by atoms with Crippen LogP contribution in [0.3, 0.4) is 0 Å². The Kier molecular flexibility index (Phi) is 5.46. The lowest BCUT2D eigenvalue weighted by molar-refractivity contribution is -0.384. The van der Waals surface area contributed by atoms with Crippen molar-refractivity contribution in [1.29, 1.82) is 0 Å². The van der Waals surface area contributed by atoms with Crippen LogP contribution in [0.15, 0.2) is 23.6 Å². The standard InChI is InChI=1S/C19H24N4O3S/c1-19(2,3)16-12-27-17(21-16)11-20-18(24)13-6-7-14(15(10-13)23(25)26)22-8-4-5-9-22/h6-7,10,12H,4-5,8-9,11H2,1-3H3,(H,20,24). The molecule has 144 valence electrons. The lowest BCUT2D eigenvalue weighted by Crippen LogP contribution is -2.24. The van der Waals surface area contributed by atoms with Crippen LogP contribution in [0.2, 0.25) is 0 Å². The summed E-state index contributed by atoms with van der Waals surface area (Å²) < 4.78 is 0. The van der Waals surface area contributed by atoms with Crippen LogP contribution in [0.5, 0.6) is 0 Å². The summed E-state index contributed by atoms with van der Waals surface area (Å²) in [5.74, 6) is -0.335. The number of hydrogen-bond donors (Lipinski definition) is 1. The quantitative estimate of drug-likeness (QED) is 0.620. The predicted octanol–water partition coefficient (Wildman–Crippen LogP) is 3.88. The minimum atomic E-state index is -0.416. The maximum atomic E-state index is 12.5. The Morgan fingerprint density at radius 3 is 2.63 bits per heavy atom. The van der Waals surface area contributed by atoms with E-state index in [1.807, 2.05) is 10.3 Å². The highest BCUT2D eigenvalue weighted by Gasteiger charge is 2.24. The number of nitrogens with zero attached hydrogens (tertiary/aromatic N) is 3. The molecule has 1 saturated heterocycles. The zero-order valence-corrected chi connectivity index (χ0v) is 16.6. The molecule has 0 radical (unpaired) electrons. The molecule has 1 aromatic carbocycles. The van der Waals surface area contributed by atoms with Gasteiger partial charge in [0.05, 0.1) is 17.2 Å². The van der Waals surface area contributed by atoms with Crippen LogP contribution in [-0.2, 0) is 12.0 Å². The molecule has 0 saturated carbocycles. The summed E-state index contributed by atoms with van der Waals surface area (Å²) in [4.78, 5) is 30.1. The van der Waals surface area contributed by atoms with E-state index >= 15 is 0 Å². The Morgan fingerprint density at radius 2 is 2.04 bits per heavy atom. The van der Waals surface area contributed by atoms with E-state index in [2.05, 4.69) is 31.1 Å². The van der Waals surface area contributed by atoms with Gasteiger partial charge in [0.25, 0.3) is 11.6 Å². The molecule has 1 amide bonds. The number of carbonyl (C=O) groups is 1. The molecule has 1 aliphatic rings. The Balaban J connectivity index is 1.72. The molecule has 0 unspecified atom stereocenters. The number of amides is 1. The van der Waals surface area contributed by atoms with Crippen molar-refractivity contribution in [2.24, 2.45) is 0 Å². The number of anilines is 1. The lowest BCUT2D eigenvalue weighted by Gasteiger charge is -2.17. The molecule has 0 bridgehead atoms. The number of hydrogen-bond acceptors (Lipinski definition) is 6. The highest BCUT2D eigenvalue weighted by molar-refractivity contribution is 7.09. The van der Waals surface area contributed by atoms with E-state index in [0.29, 0.717) is 12.2 Å². The third kappa shape index (κ3) is 4.44. The van der Waals surface area contributed by atoms with E-state index in [9.17, 15) is 14.9 Å². The van der Waals surface area contributed by atoms with Gasteiger partial charge in [0.2, 0.25) is 0 Å². The molecule has 7 nitrogen and oxygen atoms in total. The number of benzene rings is 1. The highest BCUT2D eigenvalue weighted by atomic mass is 32.1. The summed E-state index contributed by atoms with van der Waals surface area (Å²) in [6.45, 7) is 8.20. The summed E-state index contributed by atoms with van der Waals surface area (Å²) in [6, 6.07) is 4.70. The topological polar surface area (TPSA) is 88.4 Å². The smallest absolute Gasteiger partial charge is 0.293 e. The highest BCUT2D eigenvalue weighted by Crippen LogP contribution is 2.31. The van der Waals surface area contributed by atoms with Crippen molar-refractivity contribution in [1.82, 2.24) is 10.3 Å². The van der Waals surface area contributed by atoms with Gasteiger partial charge in [-0.2, -0.15) is 0 Å². The zero-order chi connectivity index (χ0) is 19.6. The van der Waals surface area contributed by atoms with Gasteiger partial charge in [-0.15, -0.1) is 11.3 Å². The Hall–Kier alpha value is -2.48. The van der Waals surface area contributed by atoms with E-state index in [1.165, 1.54) is 17.4 Å². The first-order valence-electron chi connectivity index (χ1n) is 9.02. The van der Waals surface area contributed by atoms with Crippen LogP contribution in [0.25, 0.3) is 0 Å². The van der Waals surface area contributed by atoms with Gasteiger partial charge in [0, 0.05) is 35.5 Å². The maximum Gasteiger partial charge on any atom is 0.293 e. The molecule has 1 aromatic heterocycles. The molecule has 0 atom stereocenters. The first-order chi connectivity index (χ1) is 12.8. The third-order valence-electron chi connectivity index (χ3n) is 4.60. The van der Waals surface area contributed by atoms with E-state index in [4.69, 9.17) is 0 Å². The number of carbonyl (C=O) groups excluding carboxylic acids is 1. The van der Waals surface area contributed by atoms with Crippen LogP contribution >= 0.6 is 11.3 Å². The average Bonchev–Trinajstić information content (AvgIpc) is 3.30. The van der Waals surface area contributed by atoms with Crippen LogP contribution < -0.4 is 10.2 Å². The number of aromatic nitrogens is 1. The summed E-state index contributed by atoms with van der Waals surface area (Å²) in [6.07, 6.45) is 2.06. The fourth-order valence-electron chi connectivity index (χ4n) is 3.03. The van der Waals surface area contributed by atoms with Gasteiger partial charge in [-0.25, -0.2) is 4.98 Å². The molecular weight excluding hydrogens is 364 g/mol. The molecule has 1 aliphatic heterocycles. The van der Waals surface area contributed by atoms with Gasteiger partial charge in [-0.1, -0.05) is 20.8 Å². The molecule has 2 aromatic rings. The normalized spacial score (nSPS) is 14.4. The van der Waals surface area contributed by atoms with Crippen molar-refractivity contribution in [2.45, 2.75) is 45.6 Å². The van der Waals surface area contributed by atoms with Crippen LogP contribution in [0.4, 0.5) is 11.4 Å². The van der Waals surface area contributed by atoms with Crippen LogP contribution in [0.1, 0.15) is 54.7 Å². The number of thiazole rings is 1. The van der Waals surface area contributed by atoms with Crippen molar-refractivity contribution in [2.75, 3.05) is 18.0 Å². The van der Waals surface area contributed by atoms with Crippen molar-refractivity contribution in [3.8, 4) is 0 Å². The first-order valence-corrected chi connectivity index (χ1v) is 9.90. The zero-order valence-electron chi connectivity index (χ0n) is 15.8. The molecule has 0 aliphatic carbocycles. The molecule has 1 fully saturated rings. The second-order valence-corrected chi connectivity index (χ2v) is 8.66. The van der Waals surface area contributed by atoms with Crippen molar-refractivity contribution in [3.05, 3.63) is 50.0 Å². The molecule has 8 heteroatoms. The van der Waals surface area contributed by atoms with Gasteiger partial charge in [-0.05, 0) is 25.0 Å². The lowest BCUT2D eigenvalue weighted by atomic mass is 9.93. The molecule has 0 spiro atoms. The summed E-state index contributed by atoms with van der Waals surface area (Å²) >= 11 is 1.50. The summed E-state index contributed by atoms with van der Waals surface area (Å²) in [5, 5.41) is 17.1. The second-order valence-electron chi connectivity index (χ2n) is 7.71. The number of nitro groups is 1. The van der Waals surface area contributed by atoms with Crippen molar-refractivity contribution in [3.63, 3.8) is 0 Å². The molecule has 27 heavy (non-hydrogen) atoms. The predicted molar refractivity (Wildman–Crippen MR) is 107 cm³/mol.